The molecule has 35 heavy (non-hydrogen) atoms. The summed E-state index contributed by atoms with van der Waals surface area (Å²) in [5.41, 5.74) is 4.85. The number of hydrogen-bond acceptors (Lipinski definition) is 6. The van der Waals surface area contributed by atoms with Crippen molar-refractivity contribution in [2.45, 2.75) is 26.8 Å². The Balaban J connectivity index is 1.63. The summed E-state index contributed by atoms with van der Waals surface area (Å²) in [6, 6.07) is 16.2. The maximum Gasteiger partial charge on any atom is 0.139 e. The largest absolute Gasteiger partial charge is 0.495 e. The van der Waals surface area contributed by atoms with Gasteiger partial charge in [0, 0.05) is 23.7 Å². The van der Waals surface area contributed by atoms with Crippen molar-refractivity contribution >= 4 is 56.1 Å². The van der Waals surface area contributed by atoms with Gasteiger partial charge in [0.1, 0.15) is 11.8 Å². The van der Waals surface area contributed by atoms with Gasteiger partial charge < -0.3 is 15.4 Å². The predicted octanol–water partition coefficient (Wildman–Crippen LogP) is 8.03. The molecule has 4 aromatic rings. The van der Waals surface area contributed by atoms with Crippen LogP contribution in [0.3, 0.4) is 0 Å². The van der Waals surface area contributed by atoms with Gasteiger partial charge in [-0.3, -0.25) is 4.98 Å². The fraction of sp³-hybridized carbons (Fsp3) is 0.259. The molecular weight excluding hydrogens is 499 g/mol. The monoisotopic (exact) mass is 524 g/mol. The van der Waals surface area contributed by atoms with Gasteiger partial charge in [-0.25, -0.2) is 0 Å². The van der Waals surface area contributed by atoms with E-state index in [0.29, 0.717) is 38.7 Å². The third kappa shape index (κ3) is 5.88. The average Bonchev–Trinajstić information content (AvgIpc) is 3.28. The molecule has 2 aromatic carbocycles. The molecule has 0 aliphatic rings. The van der Waals surface area contributed by atoms with E-state index in [1.807, 2.05) is 6.07 Å². The second kappa shape index (κ2) is 11.3. The minimum Gasteiger partial charge on any atom is -0.495 e. The lowest BCUT2D eigenvalue weighted by Crippen LogP contribution is -2.16. The third-order valence-corrected chi connectivity index (χ3v) is 7.43. The molecule has 0 saturated heterocycles. The van der Waals surface area contributed by atoms with Crippen LogP contribution in [0, 0.1) is 17.2 Å². The summed E-state index contributed by atoms with van der Waals surface area (Å²) in [5.74, 6) is 1.19. The first-order chi connectivity index (χ1) is 16.9. The summed E-state index contributed by atoms with van der Waals surface area (Å²) in [4.78, 5) is 5.59. The molecule has 0 bridgehead atoms. The second-order valence-electron chi connectivity index (χ2n) is 8.63. The summed E-state index contributed by atoms with van der Waals surface area (Å²) in [7, 11) is 1.54. The van der Waals surface area contributed by atoms with E-state index in [4.69, 9.17) is 27.9 Å². The highest BCUT2D eigenvalue weighted by atomic mass is 35.5. The highest BCUT2D eigenvalue weighted by Gasteiger charge is 2.16. The molecule has 2 heterocycles. The average molecular weight is 526 g/mol. The second-order valence-corrected chi connectivity index (χ2v) is 10.5. The summed E-state index contributed by atoms with van der Waals surface area (Å²) in [6.07, 6.45) is 2.75. The first-order valence-corrected chi connectivity index (χ1v) is 12.9. The van der Waals surface area contributed by atoms with Crippen molar-refractivity contribution in [1.29, 1.82) is 5.26 Å². The predicted molar refractivity (Wildman–Crippen MR) is 147 cm³/mol. The van der Waals surface area contributed by atoms with Gasteiger partial charge in [-0.1, -0.05) is 61.3 Å². The number of methoxy groups -OCH3 is 1. The van der Waals surface area contributed by atoms with Crippen molar-refractivity contribution in [2.75, 3.05) is 19.0 Å². The van der Waals surface area contributed by atoms with Crippen molar-refractivity contribution in [3.05, 3.63) is 69.8 Å². The fourth-order valence-electron chi connectivity index (χ4n) is 3.65. The maximum atomic E-state index is 9.73. The Kier molecular flexibility index (Phi) is 8.15. The van der Waals surface area contributed by atoms with Crippen LogP contribution in [0.2, 0.25) is 10.0 Å². The number of thiophene rings is 1. The Morgan fingerprint density at radius 3 is 2.57 bits per heavy atom. The number of aromatic nitrogens is 1. The zero-order chi connectivity index (χ0) is 24.9. The Labute approximate surface area is 219 Å². The van der Waals surface area contributed by atoms with Crippen LogP contribution in [0.5, 0.6) is 5.75 Å². The molecule has 180 valence electrons. The third-order valence-electron chi connectivity index (χ3n) is 5.63. The zero-order valence-corrected chi connectivity index (χ0v) is 22.1. The summed E-state index contributed by atoms with van der Waals surface area (Å²) < 4.78 is 6.20. The molecule has 0 radical (unpaired) electrons. The van der Waals surface area contributed by atoms with E-state index in [1.165, 1.54) is 12.0 Å². The number of anilines is 2. The van der Waals surface area contributed by atoms with Gasteiger partial charge in [0.25, 0.3) is 0 Å². The lowest BCUT2D eigenvalue weighted by atomic mass is 10.1. The number of nitriles is 1. The van der Waals surface area contributed by atoms with Crippen LogP contribution in [0.4, 0.5) is 11.4 Å². The first kappa shape index (κ1) is 25.3. The molecule has 5 nitrogen and oxygen atoms in total. The van der Waals surface area contributed by atoms with Crippen LogP contribution < -0.4 is 15.4 Å². The van der Waals surface area contributed by atoms with Crippen molar-refractivity contribution in [1.82, 2.24) is 10.3 Å². The van der Waals surface area contributed by atoms with Gasteiger partial charge in [0.05, 0.1) is 44.3 Å². The lowest BCUT2D eigenvalue weighted by Gasteiger charge is -2.13. The molecule has 0 saturated carbocycles. The number of nitrogens with zero attached hydrogens (tertiary/aromatic N) is 2. The molecule has 2 N–H and O–H groups in total. The topological polar surface area (TPSA) is 70.0 Å². The van der Waals surface area contributed by atoms with Gasteiger partial charge in [-0.2, -0.15) is 5.26 Å². The molecular formula is C27H26Cl2N4OS. The molecule has 0 aliphatic carbocycles. The smallest absolute Gasteiger partial charge is 0.139 e. The maximum absolute atomic E-state index is 9.73. The highest BCUT2D eigenvalue weighted by Crippen LogP contribution is 2.41. The van der Waals surface area contributed by atoms with Gasteiger partial charge >= 0.3 is 0 Å². The first-order valence-electron chi connectivity index (χ1n) is 11.3. The van der Waals surface area contributed by atoms with Gasteiger partial charge in [0.15, 0.2) is 0 Å². The fourth-order valence-corrected chi connectivity index (χ4v) is 5.29. The van der Waals surface area contributed by atoms with Crippen LogP contribution in [0.1, 0.15) is 31.4 Å². The highest BCUT2D eigenvalue weighted by molar-refractivity contribution is 7.22. The minimum atomic E-state index is 0.417. The number of pyridine rings is 1. The number of fused-ring (bicyclic) bond motifs is 1. The summed E-state index contributed by atoms with van der Waals surface area (Å²) >= 11 is 14.2. The van der Waals surface area contributed by atoms with E-state index in [2.05, 4.69) is 59.8 Å². The van der Waals surface area contributed by atoms with E-state index in [1.54, 1.807) is 36.8 Å². The summed E-state index contributed by atoms with van der Waals surface area (Å²) in [6.45, 7) is 6.34. The molecule has 0 amide bonds. The minimum absolute atomic E-state index is 0.417. The molecule has 2 aromatic heterocycles. The van der Waals surface area contributed by atoms with Crippen molar-refractivity contribution < 1.29 is 4.74 Å². The number of benzene rings is 2. The SMILES string of the molecule is COc1cc(Nc2c(C#N)cnc3cc(-c4ccc(CNCCC(C)C)cc4)sc23)c(Cl)cc1Cl. The van der Waals surface area contributed by atoms with E-state index in [0.717, 1.165) is 33.7 Å². The van der Waals surface area contributed by atoms with Crippen molar-refractivity contribution in [2.24, 2.45) is 5.92 Å². The van der Waals surface area contributed by atoms with Crippen molar-refractivity contribution in [3.8, 4) is 22.3 Å². The molecule has 4 rings (SSSR count). The summed E-state index contributed by atoms with van der Waals surface area (Å²) in [5, 5.41) is 17.4. The Morgan fingerprint density at radius 2 is 1.89 bits per heavy atom. The van der Waals surface area contributed by atoms with Crippen LogP contribution in [-0.2, 0) is 6.54 Å². The van der Waals surface area contributed by atoms with Gasteiger partial charge in [-0.05, 0) is 42.1 Å². The number of ether oxygens (including phenoxy) is 1. The van der Waals surface area contributed by atoms with Crippen LogP contribution in [-0.4, -0.2) is 18.6 Å². The standard InChI is InChI=1S/C27H26Cl2N4OS/c1-16(2)8-9-31-14-17-4-6-18(7-5-17)25-12-23-27(35-25)26(19(13-30)15-32-23)33-22-11-24(34-3)21(29)10-20(22)28/h4-7,10-12,15-16,31H,8-9,14H2,1-3H3,(H,32,33). The Hall–Kier alpha value is -2.82. The van der Waals surface area contributed by atoms with Gasteiger partial charge in [-0.15, -0.1) is 11.3 Å². The van der Waals surface area contributed by atoms with E-state index in [-0.39, 0.29) is 0 Å². The van der Waals surface area contributed by atoms with Crippen LogP contribution >= 0.6 is 34.5 Å². The molecule has 0 fully saturated rings. The Morgan fingerprint density at radius 1 is 1.11 bits per heavy atom. The quantitative estimate of drug-likeness (QED) is 0.217. The zero-order valence-electron chi connectivity index (χ0n) is 19.8. The van der Waals surface area contributed by atoms with Crippen molar-refractivity contribution in [3.63, 3.8) is 0 Å². The lowest BCUT2D eigenvalue weighted by molar-refractivity contribution is 0.415. The molecule has 0 aliphatic heterocycles. The van der Waals surface area contributed by atoms with E-state index >= 15 is 0 Å². The van der Waals surface area contributed by atoms with Crippen LogP contribution in [0.25, 0.3) is 20.7 Å². The number of hydrogen-bond donors (Lipinski definition) is 2. The van der Waals surface area contributed by atoms with Crippen LogP contribution in [0.15, 0.2) is 48.7 Å². The molecule has 0 spiro atoms. The normalized spacial score (nSPS) is 11.1. The van der Waals surface area contributed by atoms with E-state index in [9.17, 15) is 5.26 Å². The molecule has 0 atom stereocenters. The number of rotatable bonds is 9. The number of nitrogens with one attached hydrogen (secondary N) is 2. The van der Waals surface area contributed by atoms with Gasteiger partial charge in [0.2, 0.25) is 0 Å². The molecule has 0 unspecified atom stereocenters. The Bertz CT molecular complexity index is 1380. The number of halogens is 2. The molecule has 8 heteroatoms. The van der Waals surface area contributed by atoms with E-state index < -0.39 is 0 Å².